The number of alkyl halides is 1. The van der Waals surface area contributed by atoms with Gasteiger partial charge in [-0.25, -0.2) is 0 Å². The Hall–Kier alpha value is 1.00. The third-order valence-corrected chi connectivity index (χ3v) is 48.6. The Morgan fingerprint density at radius 2 is 1.31 bits per heavy atom. The number of halogens is 1. The molecule has 0 bridgehead atoms. The molecule has 0 amide bonds. The van der Waals surface area contributed by atoms with Gasteiger partial charge >= 0.3 is 0 Å². The summed E-state index contributed by atoms with van der Waals surface area (Å²) in [6.07, 6.45) is 15.8. The molecule has 16 atom stereocenters. The highest BCUT2D eigenvalue weighted by Crippen LogP contribution is 2.48. The topological polar surface area (TPSA) is 122 Å². The summed E-state index contributed by atoms with van der Waals surface area (Å²) in [5.74, 6) is 1.20. The number of methoxy groups -OCH3 is 1. The van der Waals surface area contributed by atoms with E-state index in [1.54, 1.807) is 0 Å². The fraction of sp³-hybridized carbons (Fsp3) is 0.942. The van der Waals surface area contributed by atoms with E-state index in [2.05, 4.69) is 198 Å². The van der Waals surface area contributed by atoms with Gasteiger partial charge in [-0.3, -0.25) is 0 Å². The molecule has 0 spiro atoms. The second kappa shape index (κ2) is 32.6. The van der Waals surface area contributed by atoms with Crippen LogP contribution in [0, 0.1) is 5.92 Å². The molecule has 0 aliphatic carbocycles. The van der Waals surface area contributed by atoms with E-state index in [1.165, 1.54) is 0 Å². The van der Waals surface area contributed by atoms with Crippen LogP contribution in [0.15, 0.2) is 24.5 Å². The van der Waals surface area contributed by atoms with Crippen molar-refractivity contribution in [2.45, 2.75) is 375 Å². The second-order valence-electron chi connectivity index (χ2n) is 33.7. The van der Waals surface area contributed by atoms with Gasteiger partial charge < -0.3 is 55.7 Å². The van der Waals surface area contributed by atoms with Crippen molar-refractivity contribution in [3.8, 4) is 0 Å². The molecule has 0 aromatic heterocycles. The lowest BCUT2D eigenvalue weighted by molar-refractivity contribution is -0.232. The van der Waals surface area contributed by atoms with Gasteiger partial charge in [-0.15, -0.1) is 0 Å². The molecule has 516 valence electrons. The molecule has 5 heterocycles. The number of rotatable bonds is 33. The van der Waals surface area contributed by atoms with Gasteiger partial charge in [0.25, 0.3) is 0 Å². The van der Waals surface area contributed by atoms with Crippen LogP contribution in [-0.2, 0) is 50.6 Å². The Morgan fingerprint density at radius 3 is 1.88 bits per heavy atom. The minimum absolute atomic E-state index is 0.0118. The van der Waals surface area contributed by atoms with Gasteiger partial charge in [-0.1, -0.05) is 152 Å². The van der Waals surface area contributed by atoms with Crippen molar-refractivity contribution in [1.82, 2.24) is 0 Å². The predicted molar refractivity (Wildman–Crippen MR) is 391 cm³/mol. The molecule has 5 aliphatic rings. The SMILES string of the molecule is C=C(O)[C@H](C)CC1CC[C@@H]2O[C@@H](CCC/C=C/C(O[Si](C)(C)C(C)(C)C)[C@H]3CC(O[Si](C)(C)C(C)(C)C)[C@H]4OC(CCSC5[C@H](CCO[Si](CC)(CC)CC)O[C@H](C[C@@H](CO[Si](C)(C)C(C)(C)C)O[Si](C)(C)C(C)(C)C)[C@@H]5OC)CC[C@@H]4O3)C[C@]2(CI)O1. The number of fused-ring (bicyclic) bond motifs is 2. The third kappa shape index (κ3) is 21.0. The van der Waals surface area contributed by atoms with E-state index >= 15 is 0 Å². The molecule has 12 nitrogen and oxygen atoms in total. The van der Waals surface area contributed by atoms with Gasteiger partial charge in [0.2, 0.25) is 0 Å². The lowest BCUT2D eigenvalue weighted by Gasteiger charge is -2.51. The highest BCUT2D eigenvalue weighted by Gasteiger charge is 2.55. The Morgan fingerprint density at radius 1 is 0.705 bits per heavy atom. The fourth-order valence-corrected chi connectivity index (χ4v) is 22.9. The number of unbranched alkanes of at least 4 members (excludes halogenated alkanes) is 1. The molecule has 19 heteroatoms. The predicted octanol–water partition coefficient (Wildman–Crippen LogP) is 19.3. The van der Waals surface area contributed by atoms with Crippen molar-refractivity contribution in [1.29, 1.82) is 0 Å². The molecule has 88 heavy (non-hydrogen) atoms. The van der Waals surface area contributed by atoms with Crippen LogP contribution in [0.4, 0.5) is 0 Å². The molecule has 5 saturated heterocycles. The van der Waals surface area contributed by atoms with Gasteiger partial charge in [0.05, 0.1) is 90.9 Å². The van der Waals surface area contributed by atoms with Crippen LogP contribution < -0.4 is 0 Å². The number of allylic oxidation sites excluding steroid dienone is 2. The quantitative estimate of drug-likeness (QED) is 0.0168. The maximum absolute atomic E-state index is 10.1. The monoisotopic (exact) mass is 1450 g/mol. The maximum Gasteiger partial charge on any atom is 0.193 e. The Labute approximate surface area is 563 Å². The summed E-state index contributed by atoms with van der Waals surface area (Å²) in [6, 6.07) is 3.40. The summed E-state index contributed by atoms with van der Waals surface area (Å²) in [7, 11) is -8.62. The van der Waals surface area contributed by atoms with Crippen LogP contribution in [0.3, 0.4) is 0 Å². The Kier molecular flexibility index (Phi) is 29.5. The lowest BCUT2D eigenvalue weighted by atomic mass is 9.85. The third-order valence-electron chi connectivity index (χ3n) is 23.2. The molecular formula is C69H135IO12SSi5. The van der Waals surface area contributed by atoms with Crippen LogP contribution in [0.1, 0.15) is 194 Å². The summed E-state index contributed by atoms with van der Waals surface area (Å²) >= 11 is 4.51. The highest BCUT2D eigenvalue weighted by atomic mass is 127. The molecule has 0 saturated carbocycles. The molecule has 5 unspecified atom stereocenters. The molecule has 0 aromatic carbocycles. The first kappa shape index (κ1) is 79.7. The number of aliphatic hydroxyl groups excluding tert-OH is 1. The number of aliphatic hydroxyl groups is 1. The van der Waals surface area contributed by atoms with E-state index in [4.69, 9.17) is 50.6 Å². The Balaban J connectivity index is 1.33. The molecule has 1 N–H and O–H groups in total. The van der Waals surface area contributed by atoms with Crippen molar-refractivity contribution in [3.05, 3.63) is 24.5 Å². The van der Waals surface area contributed by atoms with Crippen molar-refractivity contribution >= 4 is 75.9 Å². The summed E-state index contributed by atoms with van der Waals surface area (Å²) in [6.45, 7) is 61.0. The Bertz CT molecular complexity index is 2150. The fourth-order valence-electron chi connectivity index (χ4n) is 12.7. The summed E-state index contributed by atoms with van der Waals surface area (Å²) in [5.41, 5.74) is -0.259. The standard InChI is InChI=1S/C69H135IO12SSi5/c1-27-88(28-2,29-3)73-41-39-57-64(63(72-18)59(78-57)44-54(80-85(21,22)66(9,10)11)47-74-84(19,20)65(6,7)8)83-42-40-51-35-37-56-62(76-51)60(82-87(25,26)68(15,16)17)45-58(77-56)55(81-86(23,24)67(12,13)14)34-32-30-31-33-53-46-69(48-70)61(75-53)38-36-52(79-69)43-49(4)50(5)71/h32,34,49,51-64,71H,5,27-31,33,35-48H2,1-4,6-26H3/b34-32+/t49-,51?,52?,53+,54+,55?,56+,57+,58-,59-,60?,61+,62+,63+,64?,69-/m1/s1. The van der Waals surface area contributed by atoms with Crippen LogP contribution in [-0.4, -0.2) is 167 Å². The van der Waals surface area contributed by atoms with Crippen LogP contribution >= 0.6 is 34.4 Å². The normalized spacial score (nSPS) is 31.0. The zero-order valence-corrected chi connectivity index (χ0v) is 68.9. The molecule has 5 fully saturated rings. The zero-order chi connectivity index (χ0) is 66.3. The van der Waals surface area contributed by atoms with Gasteiger partial charge in [-0.2, -0.15) is 11.8 Å². The molecule has 0 aromatic rings. The van der Waals surface area contributed by atoms with Gasteiger partial charge in [0, 0.05) is 43.3 Å². The molecule has 5 rings (SSSR count). The van der Waals surface area contributed by atoms with Gasteiger partial charge in [-0.05, 0) is 161 Å². The highest BCUT2D eigenvalue weighted by molar-refractivity contribution is 14.1. The van der Waals surface area contributed by atoms with E-state index in [1.807, 2.05) is 25.8 Å². The molecular weight excluding hydrogens is 1320 g/mol. The van der Waals surface area contributed by atoms with Gasteiger partial charge in [0.1, 0.15) is 11.7 Å². The van der Waals surface area contributed by atoms with Crippen molar-refractivity contribution < 1.29 is 55.7 Å². The van der Waals surface area contributed by atoms with Crippen molar-refractivity contribution in [2.24, 2.45) is 5.92 Å². The first-order valence-electron chi connectivity index (χ1n) is 34.9. The van der Waals surface area contributed by atoms with E-state index in [0.717, 1.165) is 112 Å². The number of ether oxygens (including phenoxy) is 6. The van der Waals surface area contributed by atoms with Crippen LogP contribution in [0.2, 0.25) is 90.7 Å². The van der Waals surface area contributed by atoms with Crippen molar-refractivity contribution in [2.75, 3.05) is 30.5 Å². The number of hydrogen-bond donors (Lipinski definition) is 1. The summed E-state index contributed by atoms with van der Waals surface area (Å²) < 4.78 is 79.4. The average Bonchev–Trinajstić information content (AvgIpc) is 3.65. The van der Waals surface area contributed by atoms with E-state index in [0.29, 0.717) is 13.2 Å². The first-order valence-corrected chi connectivity index (χ1v) is 51.6. The molecule has 0 radical (unpaired) electrons. The van der Waals surface area contributed by atoms with E-state index in [9.17, 15) is 5.11 Å². The van der Waals surface area contributed by atoms with Gasteiger partial charge in [0.15, 0.2) is 41.6 Å². The zero-order valence-electron chi connectivity index (χ0n) is 60.9. The number of hydrogen-bond acceptors (Lipinski definition) is 13. The second-order valence-corrected chi connectivity index (χ2v) is 59.6. The van der Waals surface area contributed by atoms with Crippen molar-refractivity contribution in [3.63, 3.8) is 0 Å². The first-order chi connectivity index (χ1) is 40.5. The minimum atomic E-state index is -2.25. The lowest BCUT2D eigenvalue weighted by Crippen LogP contribution is -2.60. The van der Waals surface area contributed by atoms with Crippen LogP contribution in [0.25, 0.3) is 0 Å². The van der Waals surface area contributed by atoms with E-state index in [-0.39, 0.29) is 122 Å². The molecule has 5 aliphatic heterocycles. The maximum atomic E-state index is 10.1. The largest absolute Gasteiger partial charge is 0.513 e. The summed E-state index contributed by atoms with van der Waals surface area (Å²) in [4.78, 5) is 0. The van der Waals surface area contributed by atoms with E-state index < -0.39 is 41.6 Å². The number of thioether (sulfide) groups is 1. The smallest absolute Gasteiger partial charge is 0.193 e. The summed E-state index contributed by atoms with van der Waals surface area (Å²) in [5, 5.41) is 10.4. The average molecular weight is 1460 g/mol. The van der Waals surface area contributed by atoms with Crippen LogP contribution in [0.5, 0.6) is 0 Å². The minimum Gasteiger partial charge on any atom is -0.513 e.